The Morgan fingerprint density at radius 2 is 1.87 bits per heavy atom. The molecule has 2 rings (SSSR count). The van der Waals surface area contributed by atoms with Gasteiger partial charge < -0.3 is 10.1 Å². The highest BCUT2D eigenvalue weighted by Gasteiger charge is 2.17. The number of methoxy groups -OCH3 is 1. The molecule has 1 amide bonds. The number of anilines is 1. The Labute approximate surface area is 198 Å². The zero-order valence-corrected chi connectivity index (χ0v) is 20.6. The van der Waals surface area contributed by atoms with E-state index in [1.807, 2.05) is 6.07 Å². The SMILES string of the molecule is COc1ccc(N(CCCC(=O)NCCSCc2ccc(Cl)cc2Cl)S(C)(=O)=O)cc1. The molecule has 2 aromatic carbocycles. The molecular formula is C21H26Cl2N2O4S2. The van der Waals surface area contributed by atoms with E-state index in [9.17, 15) is 13.2 Å². The third-order valence-electron chi connectivity index (χ3n) is 4.37. The first-order valence-corrected chi connectivity index (χ1v) is 13.4. The van der Waals surface area contributed by atoms with E-state index in [1.165, 1.54) is 4.31 Å². The fourth-order valence-electron chi connectivity index (χ4n) is 2.79. The van der Waals surface area contributed by atoms with Gasteiger partial charge in [-0.3, -0.25) is 9.10 Å². The maximum Gasteiger partial charge on any atom is 0.232 e. The van der Waals surface area contributed by atoms with Gasteiger partial charge in [-0.1, -0.05) is 29.3 Å². The van der Waals surface area contributed by atoms with Gasteiger partial charge in [0.25, 0.3) is 0 Å². The molecule has 0 aliphatic heterocycles. The normalized spacial score (nSPS) is 11.2. The summed E-state index contributed by atoms with van der Waals surface area (Å²) in [4.78, 5) is 12.1. The summed E-state index contributed by atoms with van der Waals surface area (Å²) >= 11 is 13.7. The molecule has 31 heavy (non-hydrogen) atoms. The summed E-state index contributed by atoms with van der Waals surface area (Å²) in [5.41, 5.74) is 1.54. The van der Waals surface area contributed by atoms with E-state index in [0.717, 1.165) is 23.3 Å². The first kappa shape index (κ1) is 25.6. The number of carbonyl (C=O) groups is 1. The molecular weight excluding hydrogens is 479 g/mol. The van der Waals surface area contributed by atoms with Crippen LogP contribution in [-0.4, -0.2) is 46.5 Å². The lowest BCUT2D eigenvalue weighted by molar-refractivity contribution is -0.121. The van der Waals surface area contributed by atoms with E-state index in [4.69, 9.17) is 27.9 Å². The molecule has 6 nitrogen and oxygen atoms in total. The second kappa shape index (κ2) is 12.4. The smallest absolute Gasteiger partial charge is 0.232 e. The van der Waals surface area contributed by atoms with Gasteiger partial charge in [0.1, 0.15) is 5.75 Å². The van der Waals surface area contributed by atoms with Crippen molar-refractivity contribution in [1.82, 2.24) is 5.32 Å². The van der Waals surface area contributed by atoms with Crippen LogP contribution in [-0.2, 0) is 20.6 Å². The molecule has 0 spiro atoms. The van der Waals surface area contributed by atoms with Gasteiger partial charge in [-0.15, -0.1) is 0 Å². The molecule has 170 valence electrons. The van der Waals surface area contributed by atoms with Crippen LogP contribution in [0.5, 0.6) is 5.75 Å². The molecule has 2 aromatic rings. The third kappa shape index (κ3) is 8.80. The number of benzene rings is 2. The number of carbonyl (C=O) groups excluding carboxylic acids is 1. The van der Waals surface area contributed by atoms with Crippen LogP contribution in [0.3, 0.4) is 0 Å². The predicted octanol–water partition coefficient (Wildman–Crippen LogP) is 4.60. The molecule has 0 aromatic heterocycles. The van der Waals surface area contributed by atoms with Crippen LogP contribution in [0.1, 0.15) is 18.4 Å². The Bertz CT molecular complexity index is 970. The largest absolute Gasteiger partial charge is 0.497 e. The average molecular weight is 505 g/mol. The summed E-state index contributed by atoms with van der Waals surface area (Å²) in [6, 6.07) is 12.2. The van der Waals surface area contributed by atoms with Gasteiger partial charge in [-0.2, -0.15) is 11.8 Å². The van der Waals surface area contributed by atoms with Crippen molar-refractivity contribution in [1.29, 1.82) is 0 Å². The van der Waals surface area contributed by atoms with Crippen molar-refractivity contribution >= 4 is 56.6 Å². The molecule has 0 aliphatic carbocycles. The van der Waals surface area contributed by atoms with Crippen LogP contribution < -0.4 is 14.4 Å². The second-order valence-electron chi connectivity index (χ2n) is 6.77. The average Bonchev–Trinajstić information content (AvgIpc) is 2.71. The van der Waals surface area contributed by atoms with Crippen molar-refractivity contribution < 1.29 is 17.9 Å². The maximum atomic E-state index is 12.1. The van der Waals surface area contributed by atoms with Crippen LogP contribution >= 0.6 is 35.0 Å². The lowest BCUT2D eigenvalue weighted by atomic mass is 10.2. The quantitative estimate of drug-likeness (QED) is 0.427. The molecule has 0 saturated carbocycles. The van der Waals surface area contributed by atoms with Crippen molar-refractivity contribution in [2.75, 3.05) is 36.5 Å². The summed E-state index contributed by atoms with van der Waals surface area (Å²) in [5.74, 6) is 2.02. The number of nitrogens with zero attached hydrogens (tertiary/aromatic N) is 1. The number of hydrogen-bond acceptors (Lipinski definition) is 5. The van der Waals surface area contributed by atoms with Gasteiger partial charge in [0, 0.05) is 41.1 Å². The Morgan fingerprint density at radius 3 is 2.48 bits per heavy atom. The minimum atomic E-state index is -3.45. The number of amides is 1. The van der Waals surface area contributed by atoms with Crippen molar-refractivity contribution in [3.8, 4) is 5.75 Å². The van der Waals surface area contributed by atoms with Crippen molar-refractivity contribution in [3.63, 3.8) is 0 Å². The summed E-state index contributed by atoms with van der Waals surface area (Å²) in [5, 5.41) is 4.10. The van der Waals surface area contributed by atoms with Gasteiger partial charge >= 0.3 is 0 Å². The van der Waals surface area contributed by atoms with E-state index < -0.39 is 10.0 Å². The van der Waals surface area contributed by atoms with Gasteiger partial charge in [0.2, 0.25) is 15.9 Å². The zero-order valence-electron chi connectivity index (χ0n) is 17.4. The third-order valence-corrected chi connectivity index (χ3v) is 7.16. The molecule has 0 aliphatic rings. The van der Waals surface area contributed by atoms with E-state index in [1.54, 1.807) is 55.3 Å². The summed E-state index contributed by atoms with van der Waals surface area (Å²) in [7, 11) is -1.91. The molecule has 0 radical (unpaired) electrons. The lowest BCUT2D eigenvalue weighted by Gasteiger charge is -2.22. The van der Waals surface area contributed by atoms with E-state index in [2.05, 4.69) is 5.32 Å². The standard InChI is InChI=1S/C21H26Cl2N2O4S2/c1-29-19-9-7-18(8-10-19)25(31(2,27)28)12-3-4-21(26)24-11-13-30-15-16-5-6-17(22)14-20(16)23/h5-10,14H,3-4,11-13,15H2,1-2H3,(H,24,26). The lowest BCUT2D eigenvalue weighted by Crippen LogP contribution is -2.32. The monoisotopic (exact) mass is 504 g/mol. The molecule has 0 heterocycles. The summed E-state index contributed by atoms with van der Waals surface area (Å²) in [6.07, 6.45) is 1.82. The van der Waals surface area contributed by atoms with Crippen LogP contribution in [0, 0.1) is 0 Å². The molecule has 0 bridgehead atoms. The van der Waals surface area contributed by atoms with Crippen molar-refractivity contribution in [2.45, 2.75) is 18.6 Å². The van der Waals surface area contributed by atoms with Crippen LogP contribution in [0.2, 0.25) is 10.0 Å². The number of thioether (sulfide) groups is 1. The summed E-state index contributed by atoms with van der Waals surface area (Å²) < 4.78 is 30.7. The Balaban J connectivity index is 1.71. The maximum absolute atomic E-state index is 12.1. The Morgan fingerprint density at radius 1 is 1.16 bits per heavy atom. The highest BCUT2D eigenvalue weighted by molar-refractivity contribution is 7.98. The van der Waals surface area contributed by atoms with Crippen LogP contribution in [0.25, 0.3) is 0 Å². The van der Waals surface area contributed by atoms with E-state index in [0.29, 0.717) is 34.4 Å². The first-order chi connectivity index (χ1) is 14.7. The molecule has 0 unspecified atom stereocenters. The topological polar surface area (TPSA) is 75.7 Å². The number of sulfonamides is 1. The fourth-order valence-corrected chi connectivity index (χ4v) is 5.17. The second-order valence-corrected chi connectivity index (χ2v) is 10.6. The number of ether oxygens (including phenoxy) is 1. The Kier molecular flexibility index (Phi) is 10.3. The van der Waals surface area contributed by atoms with E-state index >= 15 is 0 Å². The van der Waals surface area contributed by atoms with Crippen molar-refractivity contribution in [3.05, 3.63) is 58.1 Å². The fraction of sp³-hybridized carbons (Fsp3) is 0.381. The van der Waals surface area contributed by atoms with E-state index in [-0.39, 0.29) is 18.9 Å². The molecule has 10 heteroatoms. The van der Waals surface area contributed by atoms with Gasteiger partial charge in [-0.25, -0.2) is 8.42 Å². The minimum absolute atomic E-state index is 0.103. The first-order valence-electron chi connectivity index (χ1n) is 9.61. The van der Waals surface area contributed by atoms with Crippen LogP contribution in [0.4, 0.5) is 5.69 Å². The number of nitrogens with one attached hydrogen (secondary N) is 1. The number of hydrogen-bond donors (Lipinski definition) is 1. The minimum Gasteiger partial charge on any atom is -0.497 e. The van der Waals surface area contributed by atoms with Gasteiger partial charge in [0.15, 0.2) is 0 Å². The van der Waals surface area contributed by atoms with Crippen molar-refractivity contribution in [2.24, 2.45) is 0 Å². The number of halogens is 2. The zero-order chi connectivity index (χ0) is 22.9. The molecule has 1 N–H and O–H groups in total. The highest BCUT2D eigenvalue weighted by Crippen LogP contribution is 2.24. The van der Waals surface area contributed by atoms with Gasteiger partial charge in [-0.05, 0) is 48.4 Å². The number of rotatable bonds is 12. The highest BCUT2D eigenvalue weighted by atomic mass is 35.5. The molecule has 0 atom stereocenters. The van der Waals surface area contributed by atoms with Crippen LogP contribution in [0.15, 0.2) is 42.5 Å². The van der Waals surface area contributed by atoms with Gasteiger partial charge in [0.05, 0.1) is 19.1 Å². The molecule has 0 fully saturated rings. The Hall–Kier alpha value is -1.61. The predicted molar refractivity (Wildman–Crippen MR) is 130 cm³/mol. The molecule has 0 saturated heterocycles. The summed E-state index contributed by atoms with van der Waals surface area (Å²) in [6.45, 7) is 0.755.